The van der Waals surface area contributed by atoms with Crippen LogP contribution in [0.5, 0.6) is 5.75 Å². The van der Waals surface area contributed by atoms with Gasteiger partial charge in [-0.05, 0) is 37.6 Å². The number of carbonyl (C=O) groups is 1. The van der Waals surface area contributed by atoms with Crippen molar-refractivity contribution < 1.29 is 9.53 Å². The first-order chi connectivity index (χ1) is 8.16. The molecule has 2 rings (SSSR count). The summed E-state index contributed by atoms with van der Waals surface area (Å²) in [4.78, 5) is 15.4. The second kappa shape index (κ2) is 5.10. The van der Waals surface area contributed by atoms with Gasteiger partial charge in [-0.3, -0.25) is 4.79 Å². The van der Waals surface area contributed by atoms with Gasteiger partial charge in [0.05, 0.1) is 0 Å². The Kier molecular flexibility index (Phi) is 3.54. The second-order valence-electron chi connectivity index (χ2n) is 3.75. The number of aryl methyl sites for hydroxylation is 1. The molecular weight excluding hydrogens is 234 g/mol. The predicted molar refractivity (Wildman–Crippen MR) is 67.6 cm³/mol. The molecular formula is C13H13NO2S. The third kappa shape index (κ3) is 2.91. The van der Waals surface area contributed by atoms with Crippen molar-refractivity contribution in [2.45, 2.75) is 20.5 Å². The SMILES string of the molecule is CC(=O)c1ccc(OCc2nccs2)c(C)c1. The van der Waals surface area contributed by atoms with Gasteiger partial charge in [0.1, 0.15) is 17.4 Å². The van der Waals surface area contributed by atoms with Crippen molar-refractivity contribution >= 4 is 17.1 Å². The van der Waals surface area contributed by atoms with Crippen LogP contribution in [0.25, 0.3) is 0 Å². The molecule has 0 N–H and O–H groups in total. The molecule has 0 fully saturated rings. The van der Waals surface area contributed by atoms with Crippen molar-refractivity contribution in [1.29, 1.82) is 0 Å². The lowest BCUT2D eigenvalue weighted by molar-refractivity contribution is 0.101. The number of ketones is 1. The molecule has 1 heterocycles. The lowest BCUT2D eigenvalue weighted by Crippen LogP contribution is -1.98. The van der Waals surface area contributed by atoms with Crippen molar-refractivity contribution in [3.8, 4) is 5.75 Å². The third-order valence-electron chi connectivity index (χ3n) is 2.42. The standard InChI is InChI=1S/C13H13NO2S/c1-9-7-11(10(2)15)3-4-12(9)16-8-13-14-5-6-17-13/h3-7H,8H2,1-2H3. The van der Waals surface area contributed by atoms with E-state index in [4.69, 9.17) is 4.74 Å². The Balaban J connectivity index is 2.09. The van der Waals surface area contributed by atoms with Gasteiger partial charge in [-0.25, -0.2) is 4.98 Å². The van der Waals surface area contributed by atoms with Crippen molar-refractivity contribution in [3.05, 3.63) is 45.9 Å². The number of rotatable bonds is 4. The van der Waals surface area contributed by atoms with E-state index in [-0.39, 0.29) is 5.78 Å². The molecule has 2 aromatic rings. The normalized spacial score (nSPS) is 10.2. The monoisotopic (exact) mass is 247 g/mol. The first kappa shape index (κ1) is 11.8. The highest BCUT2D eigenvalue weighted by atomic mass is 32.1. The fourth-order valence-corrected chi connectivity index (χ4v) is 2.02. The quantitative estimate of drug-likeness (QED) is 0.779. The van der Waals surface area contributed by atoms with Crippen LogP contribution in [0.2, 0.25) is 0 Å². The number of nitrogens with zero attached hydrogens (tertiary/aromatic N) is 1. The van der Waals surface area contributed by atoms with Gasteiger partial charge in [-0.15, -0.1) is 11.3 Å². The van der Waals surface area contributed by atoms with Gasteiger partial charge >= 0.3 is 0 Å². The van der Waals surface area contributed by atoms with Crippen molar-refractivity contribution in [1.82, 2.24) is 4.98 Å². The summed E-state index contributed by atoms with van der Waals surface area (Å²) in [6, 6.07) is 5.46. The molecule has 0 radical (unpaired) electrons. The summed E-state index contributed by atoms with van der Waals surface area (Å²) in [5, 5.41) is 2.87. The largest absolute Gasteiger partial charge is 0.486 e. The molecule has 17 heavy (non-hydrogen) atoms. The second-order valence-corrected chi connectivity index (χ2v) is 4.73. The molecule has 3 nitrogen and oxygen atoms in total. The van der Waals surface area contributed by atoms with E-state index in [1.54, 1.807) is 30.5 Å². The summed E-state index contributed by atoms with van der Waals surface area (Å²) in [7, 11) is 0. The maximum absolute atomic E-state index is 11.2. The molecule has 0 saturated heterocycles. The molecule has 0 aliphatic rings. The van der Waals surface area contributed by atoms with Crippen LogP contribution in [0.15, 0.2) is 29.8 Å². The van der Waals surface area contributed by atoms with E-state index in [0.29, 0.717) is 12.2 Å². The minimum Gasteiger partial charge on any atom is -0.486 e. The minimum atomic E-state index is 0.0690. The smallest absolute Gasteiger partial charge is 0.159 e. The van der Waals surface area contributed by atoms with Crippen LogP contribution in [-0.2, 0) is 6.61 Å². The van der Waals surface area contributed by atoms with Gasteiger partial charge in [0.15, 0.2) is 5.78 Å². The summed E-state index contributed by atoms with van der Waals surface area (Å²) in [5.41, 5.74) is 1.68. The third-order valence-corrected chi connectivity index (χ3v) is 3.17. The highest BCUT2D eigenvalue weighted by Crippen LogP contribution is 2.21. The molecule has 0 spiro atoms. The molecule has 88 valence electrons. The molecule has 0 aliphatic heterocycles. The van der Waals surface area contributed by atoms with E-state index in [0.717, 1.165) is 16.3 Å². The van der Waals surface area contributed by atoms with Gasteiger partial charge in [0, 0.05) is 17.1 Å². The van der Waals surface area contributed by atoms with E-state index < -0.39 is 0 Å². The van der Waals surface area contributed by atoms with Gasteiger partial charge in [0.25, 0.3) is 0 Å². The van der Waals surface area contributed by atoms with E-state index >= 15 is 0 Å². The molecule has 1 aromatic heterocycles. The summed E-state index contributed by atoms with van der Waals surface area (Å²) < 4.78 is 5.65. The maximum Gasteiger partial charge on any atom is 0.159 e. The number of hydrogen-bond acceptors (Lipinski definition) is 4. The number of benzene rings is 1. The Labute approximate surface area is 104 Å². The Bertz CT molecular complexity index is 520. The van der Waals surface area contributed by atoms with Crippen LogP contribution in [0.4, 0.5) is 0 Å². The van der Waals surface area contributed by atoms with Crippen molar-refractivity contribution in [2.24, 2.45) is 0 Å². The summed E-state index contributed by atoms with van der Waals surface area (Å²) in [5.74, 6) is 0.866. The Morgan fingerprint density at radius 2 is 2.29 bits per heavy atom. The van der Waals surface area contributed by atoms with Crippen LogP contribution in [-0.4, -0.2) is 10.8 Å². The summed E-state index contributed by atoms with van der Waals surface area (Å²) >= 11 is 1.57. The molecule has 4 heteroatoms. The number of hydrogen-bond donors (Lipinski definition) is 0. The van der Waals surface area contributed by atoms with Gasteiger partial charge in [-0.1, -0.05) is 0 Å². The molecule has 1 aromatic carbocycles. The molecule has 0 unspecified atom stereocenters. The zero-order valence-electron chi connectivity index (χ0n) is 9.77. The molecule has 0 amide bonds. The minimum absolute atomic E-state index is 0.0690. The van der Waals surface area contributed by atoms with Crippen LogP contribution < -0.4 is 4.74 Å². The fourth-order valence-electron chi connectivity index (χ4n) is 1.49. The average Bonchev–Trinajstić information content (AvgIpc) is 2.80. The van der Waals surface area contributed by atoms with Crippen molar-refractivity contribution in [3.63, 3.8) is 0 Å². The zero-order chi connectivity index (χ0) is 12.3. The van der Waals surface area contributed by atoms with Crippen LogP contribution in [0.3, 0.4) is 0 Å². The first-order valence-corrected chi connectivity index (χ1v) is 6.17. The Morgan fingerprint density at radius 3 is 2.88 bits per heavy atom. The van der Waals surface area contributed by atoms with E-state index in [1.807, 2.05) is 24.4 Å². The summed E-state index contributed by atoms with van der Waals surface area (Å²) in [6.07, 6.45) is 1.76. The van der Waals surface area contributed by atoms with Gasteiger partial charge in [-0.2, -0.15) is 0 Å². The highest BCUT2D eigenvalue weighted by Gasteiger charge is 2.05. The van der Waals surface area contributed by atoms with Crippen LogP contribution in [0, 0.1) is 6.92 Å². The maximum atomic E-state index is 11.2. The zero-order valence-corrected chi connectivity index (χ0v) is 10.6. The number of ether oxygens (including phenoxy) is 1. The van der Waals surface area contributed by atoms with E-state index in [1.165, 1.54) is 0 Å². The summed E-state index contributed by atoms with van der Waals surface area (Å²) in [6.45, 7) is 3.96. The lowest BCUT2D eigenvalue weighted by atomic mass is 10.1. The molecule has 0 saturated carbocycles. The molecule has 0 aliphatic carbocycles. The van der Waals surface area contributed by atoms with Gasteiger partial charge in [0.2, 0.25) is 0 Å². The number of Topliss-reactive ketones (excluding diaryl/α,β-unsaturated/α-hetero) is 1. The first-order valence-electron chi connectivity index (χ1n) is 5.29. The predicted octanol–water partition coefficient (Wildman–Crippen LogP) is 3.23. The van der Waals surface area contributed by atoms with Crippen LogP contribution >= 0.6 is 11.3 Å². The van der Waals surface area contributed by atoms with Crippen LogP contribution in [0.1, 0.15) is 27.9 Å². The molecule has 0 atom stereocenters. The Hall–Kier alpha value is -1.68. The number of aromatic nitrogens is 1. The Morgan fingerprint density at radius 1 is 1.47 bits per heavy atom. The topological polar surface area (TPSA) is 39.2 Å². The number of carbonyl (C=O) groups excluding carboxylic acids is 1. The van der Waals surface area contributed by atoms with Gasteiger partial charge < -0.3 is 4.74 Å². The fraction of sp³-hybridized carbons (Fsp3) is 0.231. The van der Waals surface area contributed by atoms with E-state index in [9.17, 15) is 4.79 Å². The average molecular weight is 247 g/mol. The number of thiazole rings is 1. The van der Waals surface area contributed by atoms with E-state index in [2.05, 4.69) is 4.98 Å². The lowest BCUT2D eigenvalue weighted by Gasteiger charge is -2.08. The molecule has 0 bridgehead atoms. The highest BCUT2D eigenvalue weighted by molar-refractivity contribution is 7.09. The van der Waals surface area contributed by atoms with Crippen molar-refractivity contribution in [2.75, 3.05) is 0 Å².